The van der Waals surface area contributed by atoms with Crippen LogP contribution in [0, 0.1) is 11.3 Å². The van der Waals surface area contributed by atoms with Gasteiger partial charge in [0.2, 0.25) is 5.91 Å². The summed E-state index contributed by atoms with van der Waals surface area (Å²) in [5.74, 6) is 0.690. The summed E-state index contributed by atoms with van der Waals surface area (Å²) in [5.41, 5.74) is 6.89. The number of anilines is 1. The largest absolute Gasteiger partial charge is 0.325 e. The van der Waals surface area contributed by atoms with Gasteiger partial charge in [0, 0.05) is 5.69 Å². The van der Waals surface area contributed by atoms with E-state index < -0.39 is 11.5 Å². The minimum Gasteiger partial charge on any atom is -0.325 e. The number of carbonyl (C=O) groups excluding carboxylic acids is 1. The first-order valence-corrected chi connectivity index (χ1v) is 7.87. The SMILES string of the molecule is CSCC[C@@H](N)C(=O)Nc1ccc(C(C)(C)C#N)cc1. The lowest BCUT2D eigenvalue weighted by molar-refractivity contribution is -0.117. The Hall–Kier alpha value is -1.51. The highest BCUT2D eigenvalue weighted by atomic mass is 32.2. The molecule has 0 radical (unpaired) electrons. The van der Waals surface area contributed by atoms with Gasteiger partial charge in [0.1, 0.15) is 0 Å². The number of rotatable bonds is 6. The van der Waals surface area contributed by atoms with Crippen LogP contribution >= 0.6 is 11.8 Å². The van der Waals surface area contributed by atoms with Gasteiger partial charge in [0.25, 0.3) is 0 Å². The maximum absolute atomic E-state index is 11.9. The summed E-state index contributed by atoms with van der Waals surface area (Å²) < 4.78 is 0. The first kappa shape index (κ1) is 16.5. The van der Waals surface area contributed by atoms with Crippen molar-refractivity contribution >= 4 is 23.4 Å². The molecule has 0 saturated heterocycles. The Morgan fingerprint density at radius 1 is 1.45 bits per heavy atom. The molecule has 0 fully saturated rings. The number of amides is 1. The lowest BCUT2D eigenvalue weighted by Crippen LogP contribution is -2.36. The minimum absolute atomic E-state index is 0.175. The van der Waals surface area contributed by atoms with Crippen LogP contribution in [-0.4, -0.2) is 24.0 Å². The molecule has 4 nitrogen and oxygen atoms in total. The Bertz CT molecular complexity index is 491. The number of benzene rings is 1. The fourth-order valence-corrected chi connectivity index (χ4v) is 2.14. The quantitative estimate of drug-likeness (QED) is 0.844. The molecule has 1 amide bonds. The Morgan fingerprint density at radius 3 is 2.55 bits per heavy atom. The van der Waals surface area contributed by atoms with Crippen molar-refractivity contribution < 1.29 is 4.79 Å². The van der Waals surface area contributed by atoms with E-state index in [1.54, 1.807) is 23.9 Å². The van der Waals surface area contributed by atoms with Crippen LogP contribution in [0.15, 0.2) is 24.3 Å². The highest BCUT2D eigenvalue weighted by molar-refractivity contribution is 7.98. The highest BCUT2D eigenvalue weighted by Gasteiger charge is 2.19. The van der Waals surface area contributed by atoms with E-state index in [0.717, 1.165) is 11.3 Å². The van der Waals surface area contributed by atoms with E-state index in [9.17, 15) is 4.79 Å². The second kappa shape index (κ2) is 7.32. The van der Waals surface area contributed by atoms with E-state index in [1.165, 1.54) is 0 Å². The highest BCUT2D eigenvalue weighted by Crippen LogP contribution is 2.23. The molecule has 3 N–H and O–H groups in total. The van der Waals surface area contributed by atoms with Gasteiger partial charge in [-0.25, -0.2) is 0 Å². The van der Waals surface area contributed by atoms with E-state index in [-0.39, 0.29) is 5.91 Å². The molecular weight excluding hydrogens is 270 g/mol. The van der Waals surface area contributed by atoms with Crippen molar-refractivity contribution in [1.82, 2.24) is 0 Å². The number of nitrogens with two attached hydrogens (primary N) is 1. The van der Waals surface area contributed by atoms with Crippen molar-refractivity contribution in [2.24, 2.45) is 5.73 Å². The van der Waals surface area contributed by atoms with Crippen LogP contribution in [0.4, 0.5) is 5.69 Å². The van der Waals surface area contributed by atoms with Crippen molar-refractivity contribution in [3.8, 4) is 6.07 Å². The predicted molar refractivity (Wildman–Crippen MR) is 84.7 cm³/mol. The minimum atomic E-state index is -0.530. The fraction of sp³-hybridized carbons (Fsp3) is 0.467. The van der Waals surface area contributed by atoms with Crippen LogP contribution in [0.25, 0.3) is 0 Å². The second-order valence-electron chi connectivity index (χ2n) is 5.19. The van der Waals surface area contributed by atoms with E-state index in [4.69, 9.17) is 11.0 Å². The average Bonchev–Trinajstić information content (AvgIpc) is 2.45. The molecule has 1 aromatic carbocycles. The number of hydrogen-bond acceptors (Lipinski definition) is 4. The van der Waals surface area contributed by atoms with E-state index in [2.05, 4.69) is 11.4 Å². The molecule has 0 aliphatic heterocycles. The van der Waals surface area contributed by atoms with E-state index in [1.807, 2.05) is 32.2 Å². The average molecular weight is 291 g/mol. The summed E-state index contributed by atoms with van der Waals surface area (Å²) in [5, 5.41) is 11.9. The number of nitrogens with one attached hydrogen (secondary N) is 1. The molecule has 0 saturated carbocycles. The van der Waals surface area contributed by atoms with Gasteiger partial charge in [0.15, 0.2) is 0 Å². The van der Waals surface area contributed by atoms with Gasteiger partial charge in [0.05, 0.1) is 17.5 Å². The van der Waals surface area contributed by atoms with Crippen molar-refractivity contribution in [1.29, 1.82) is 5.26 Å². The van der Waals surface area contributed by atoms with Crippen LogP contribution in [-0.2, 0) is 10.2 Å². The number of hydrogen-bond donors (Lipinski definition) is 2. The number of carbonyl (C=O) groups is 1. The first-order valence-electron chi connectivity index (χ1n) is 6.48. The maximum Gasteiger partial charge on any atom is 0.241 e. The summed E-state index contributed by atoms with van der Waals surface area (Å²) in [4.78, 5) is 11.9. The first-order chi connectivity index (χ1) is 9.40. The fourth-order valence-electron chi connectivity index (χ4n) is 1.65. The summed E-state index contributed by atoms with van der Waals surface area (Å²) >= 11 is 1.67. The molecule has 0 bridgehead atoms. The molecule has 1 rings (SSSR count). The third-order valence-corrected chi connectivity index (χ3v) is 3.77. The molecule has 108 valence electrons. The van der Waals surface area contributed by atoms with Crippen LogP contribution < -0.4 is 11.1 Å². The van der Waals surface area contributed by atoms with E-state index in [0.29, 0.717) is 12.1 Å². The lowest BCUT2D eigenvalue weighted by atomic mass is 9.86. The van der Waals surface area contributed by atoms with Crippen LogP contribution in [0.2, 0.25) is 0 Å². The number of thioether (sulfide) groups is 1. The molecule has 0 aliphatic carbocycles. The van der Waals surface area contributed by atoms with Gasteiger partial charge in [-0.1, -0.05) is 12.1 Å². The van der Waals surface area contributed by atoms with Gasteiger partial charge in [-0.2, -0.15) is 17.0 Å². The van der Waals surface area contributed by atoms with E-state index >= 15 is 0 Å². The monoisotopic (exact) mass is 291 g/mol. The Morgan fingerprint density at radius 2 is 2.05 bits per heavy atom. The molecule has 0 unspecified atom stereocenters. The van der Waals surface area contributed by atoms with Gasteiger partial charge in [-0.3, -0.25) is 4.79 Å². The summed E-state index contributed by atoms with van der Waals surface area (Å²) in [6.45, 7) is 3.72. The summed E-state index contributed by atoms with van der Waals surface area (Å²) in [6.07, 6.45) is 2.65. The Balaban J connectivity index is 2.67. The van der Waals surface area contributed by atoms with Crippen LogP contribution in [0.5, 0.6) is 0 Å². The van der Waals surface area contributed by atoms with Crippen molar-refractivity contribution in [2.45, 2.75) is 31.7 Å². The van der Waals surface area contributed by atoms with Crippen LogP contribution in [0.3, 0.4) is 0 Å². The molecule has 1 atom stereocenters. The smallest absolute Gasteiger partial charge is 0.241 e. The third kappa shape index (κ3) is 4.55. The summed E-state index contributed by atoms with van der Waals surface area (Å²) in [6, 6.07) is 9.07. The zero-order chi connectivity index (χ0) is 15.2. The molecule has 0 heterocycles. The van der Waals surface area contributed by atoms with Gasteiger partial charge >= 0.3 is 0 Å². The molecular formula is C15H21N3OS. The molecule has 5 heteroatoms. The molecule has 0 spiro atoms. The molecule has 0 aromatic heterocycles. The second-order valence-corrected chi connectivity index (χ2v) is 6.18. The standard InChI is InChI=1S/C15H21N3OS/c1-15(2,10-16)11-4-6-12(7-5-11)18-14(19)13(17)8-9-20-3/h4-7,13H,8-9,17H2,1-3H3,(H,18,19)/t13-/m1/s1. The van der Waals surface area contributed by atoms with Gasteiger partial charge in [-0.15, -0.1) is 0 Å². The summed E-state index contributed by atoms with van der Waals surface area (Å²) in [7, 11) is 0. The van der Waals surface area contributed by atoms with Crippen molar-refractivity contribution in [2.75, 3.05) is 17.3 Å². The van der Waals surface area contributed by atoms with Crippen molar-refractivity contribution in [3.63, 3.8) is 0 Å². The van der Waals surface area contributed by atoms with Gasteiger partial charge in [-0.05, 0) is 50.0 Å². The molecule has 20 heavy (non-hydrogen) atoms. The number of nitrogens with zero attached hydrogens (tertiary/aromatic N) is 1. The van der Waals surface area contributed by atoms with Gasteiger partial charge < -0.3 is 11.1 Å². The topological polar surface area (TPSA) is 78.9 Å². The number of nitriles is 1. The third-order valence-electron chi connectivity index (χ3n) is 3.12. The Kier molecular flexibility index (Phi) is 6.05. The Labute approximate surface area is 124 Å². The normalized spacial score (nSPS) is 12.6. The predicted octanol–water partition coefficient (Wildman–Crippen LogP) is 2.51. The molecule has 1 aromatic rings. The van der Waals surface area contributed by atoms with Crippen LogP contribution in [0.1, 0.15) is 25.8 Å². The zero-order valence-electron chi connectivity index (χ0n) is 12.1. The maximum atomic E-state index is 11.9. The zero-order valence-corrected chi connectivity index (χ0v) is 13.0. The molecule has 0 aliphatic rings. The van der Waals surface area contributed by atoms with Crippen molar-refractivity contribution in [3.05, 3.63) is 29.8 Å². The lowest BCUT2D eigenvalue weighted by Gasteiger charge is -2.16.